The summed E-state index contributed by atoms with van der Waals surface area (Å²) < 4.78 is 5.48. The monoisotopic (exact) mass is 403 g/mol. The van der Waals surface area contributed by atoms with Crippen LogP contribution in [0.3, 0.4) is 0 Å². The zero-order valence-corrected chi connectivity index (χ0v) is 15.6. The van der Waals surface area contributed by atoms with Crippen molar-refractivity contribution in [1.29, 1.82) is 0 Å². The second-order valence-electron chi connectivity index (χ2n) is 6.27. The van der Waals surface area contributed by atoms with Gasteiger partial charge in [-0.2, -0.15) is 0 Å². The highest BCUT2D eigenvalue weighted by atomic mass is 35.5. The van der Waals surface area contributed by atoms with Gasteiger partial charge in [-0.1, -0.05) is 23.7 Å². The summed E-state index contributed by atoms with van der Waals surface area (Å²) in [6.07, 6.45) is 1.88. The number of nitrogens with one attached hydrogen (secondary N) is 2. The first kappa shape index (κ1) is 19.8. The van der Waals surface area contributed by atoms with Crippen LogP contribution in [0.2, 0.25) is 5.02 Å². The Morgan fingerprint density at radius 1 is 1.18 bits per heavy atom. The van der Waals surface area contributed by atoms with Gasteiger partial charge in [-0.3, -0.25) is 19.7 Å². The number of benzene rings is 2. The molecule has 2 amide bonds. The lowest BCUT2D eigenvalue weighted by Gasteiger charge is -2.14. The summed E-state index contributed by atoms with van der Waals surface area (Å²) in [6, 6.07) is 10.1. The molecule has 146 valence electrons. The third-order valence-corrected chi connectivity index (χ3v) is 4.65. The predicted octanol–water partition coefficient (Wildman–Crippen LogP) is 3.41. The summed E-state index contributed by atoms with van der Waals surface area (Å²) in [5.74, 6) is -0.902. The Hall–Kier alpha value is -2.97. The lowest BCUT2D eigenvalue weighted by molar-refractivity contribution is -0.384. The number of ether oxygens (including phenoxy) is 1. The SMILES string of the molecule is O=C(Nc1ccccc1C(=O)NC[C@@H]1CCCO1)c1ccc([N+](=O)[O-])cc1Cl. The van der Waals surface area contributed by atoms with Gasteiger partial charge in [0.05, 0.1) is 32.9 Å². The molecule has 0 saturated carbocycles. The highest BCUT2D eigenvalue weighted by molar-refractivity contribution is 6.34. The maximum atomic E-state index is 12.5. The quantitative estimate of drug-likeness (QED) is 0.567. The van der Waals surface area contributed by atoms with Crippen molar-refractivity contribution in [2.24, 2.45) is 0 Å². The molecule has 2 aromatic rings. The van der Waals surface area contributed by atoms with Crippen molar-refractivity contribution < 1.29 is 19.2 Å². The van der Waals surface area contributed by atoms with E-state index in [0.717, 1.165) is 18.9 Å². The first-order chi connectivity index (χ1) is 13.5. The molecule has 2 aromatic carbocycles. The van der Waals surface area contributed by atoms with Crippen molar-refractivity contribution in [3.63, 3.8) is 0 Å². The number of halogens is 1. The molecule has 28 heavy (non-hydrogen) atoms. The second-order valence-corrected chi connectivity index (χ2v) is 6.67. The molecule has 2 N–H and O–H groups in total. The van der Waals surface area contributed by atoms with Crippen LogP contribution in [0.15, 0.2) is 42.5 Å². The average Bonchev–Trinajstić information content (AvgIpc) is 3.20. The van der Waals surface area contributed by atoms with Gasteiger partial charge in [0.1, 0.15) is 0 Å². The molecular formula is C19H18ClN3O5. The Bertz CT molecular complexity index is 912. The second kappa shape index (κ2) is 8.81. The van der Waals surface area contributed by atoms with Gasteiger partial charge in [-0.25, -0.2) is 0 Å². The zero-order chi connectivity index (χ0) is 20.1. The number of rotatable bonds is 6. The van der Waals surface area contributed by atoms with Crippen molar-refractivity contribution in [1.82, 2.24) is 5.32 Å². The number of nitro benzene ring substituents is 1. The molecule has 1 heterocycles. The van der Waals surface area contributed by atoms with E-state index in [4.69, 9.17) is 16.3 Å². The molecular weight excluding hydrogens is 386 g/mol. The van der Waals surface area contributed by atoms with Crippen LogP contribution in [0, 0.1) is 10.1 Å². The number of hydrogen-bond donors (Lipinski definition) is 2. The van der Waals surface area contributed by atoms with Gasteiger partial charge < -0.3 is 15.4 Å². The van der Waals surface area contributed by atoms with Crippen LogP contribution < -0.4 is 10.6 Å². The van der Waals surface area contributed by atoms with Crippen LogP contribution in [-0.2, 0) is 4.74 Å². The summed E-state index contributed by atoms with van der Waals surface area (Å²) in [5, 5.41) is 16.2. The van der Waals surface area contributed by atoms with Gasteiger partial charge in [0, 0.05) is 25.3 Å². The van der Waals surface area contributed by atoms with Crippen molar-refractivity contribution in [3.05, 3.63) is 68.7 Å². The van der Waals surface area contributed by atoms with Crippen LogP contribution in [-0.4, -0.2) is 36.0 Å². The third-order valence-electron chi connectivity index (χ3n) is 4.34. The Morgan fingerprint density at radius 3 is 2.64 bits per heavy atom. The Balaban J connectivity index is 1.72. The zero-order valence-electron chi connectivity index (χ0n) is 14.8. The van der Waals surface area contributed by atoms with Gasteiger partial charge >= 0.3 is 0 Å². The molecule has 0 unspecified atom stereocenters. The number of para-hydroxylation sites is 1. The van der Waals surface area contributed by atoms with Crippen molar-refractivity contribution >= 4 is 34.8 Å². The minimum Gasteiger partial charge on any atom is -0.376 e. The smallest absolute Gasteiger partial charge is 0.270 e. The summed E-state index contributed by atoms with van der Waals surface area (Å²) in [4.78, 5) is 35.2. The largest absolute Gasteiger partial charge is 0.376 e. The summed E-state index contributed by atoms with van der Waals surface area (Å²) in [5.41, 5.74) is 0.468. The number of anilines is 1. The molecule has 0 spiro atoms. The highest BCUT2D eigenvalue weighted by Gasteiger charge is 2.20. The van der Waals surface area contributed by atoms with Crippen LogP contribution in [0.1, 0.15) is 33.6 Å². The first-order valence-electron chi connectivity index (χ1n) is 8.70. The molecule has 1 atom stereocenters. The Morgan fingerprint density at radius 2 is 1.96 bits per heavy atom. The number of nitro groups is 1. The minimum absolute atomic E-state index is 0.00428. The van der Waals surface area contributed by atoms with E-state index in [-0.39, 0.29) is 28.3 Å². The van der Waals surface area contributed by atoms with Crippen molar-refractivity contribution in [2.45, 2.75) is 18.9 Å². The number of hydrogen-bond acceptors (Lipinski definition) is 5. The summed E-state index contributed by atoms with van der Waals surface area (Å²) in [7, 11) is 0. The number of carbonyl (C=O) groups excluding carboxylic acids is 2. The van der Waals surface area contributed by atoms with E-state index in [1.165, 1.54) is 12.1 Å². The fourth-order valence-corrected chi connectivity index (χ4v) is 3.15. The molecule has 1 saturated heterocycles. The average molecular weight is 404 g/mol. The maximum absolute atomic E-state index is 12.5. The predicted molar refractivity (Wildman–Crippen MR) is 104 cm³/mol. The van der Waals surface area contributed by atoms with Crippen molar-refractivity contribution in [2.75, 3.05) is 18.5 Å². The van der Waals surface area contributed by atoms with Crippen LogP contribution in [0.5, 0.6) is 0 Å². The molecule has 1 fully saturated rings. The molecule has 9 heteroatoms. The molecule has 0 radical (unpaired) electrons. The number of nitrogens with zero attached hydrogens (tertiary/aromatic N) is 1. The lowest BCUT2D eigenvalue weighted by atomic mass is 10.1. The normalized spacial score (nSPS) is 15.8. The minimum atomic E-state index is -0.596. The highest BCUT2D eigenvalue weighted by Crippen LogP contribution is 2.24. The summed E-state index contributed by atoms with van der Waals surface area (Å²) >= 11 is 6.00. The van der Waals surface area contributed by atoms with E-state index < -0.39 is 10.8 Å². The van der Waals surface area contributed by atoms with E-state index >= 15 is 0 Å². The van der Waals surface area contributed by atoms with Gasteiger partial charge in [0.15, 0.2) is 0 Å². The molecule has 1 aliphatic heterocycles. The number of amides is 2. The fraction of sp³-hybridized carbons (Fsp3) is 0.263. The Labute approximate surface area is 166 Å². The molecule has 0 aliphatic carbocycles. The third kappa shape index (κ3) is 4.65. The van der Waals surface area contributed by atoms with Gasteiger partial charge in [0.25, 0.3) is 17.5 Å². The van der Waals surface area contributed by atoms with Crippen LogP contribution in [0.4, 0.5) is 11.4 Å². The topological polar surface area (TPSA) is 111 Å². The summed E-state index contributed by atoms with van der Waals surface area (Å²) in [6.45, 7) is 1.10. The van der Waals surface area contributed by atoms with Crippen LogP contribution in [0.25, 0.3) is 0 Å². The molecule has 0 aromatic heterocycles. The van der Waals surface area contributed by atoms with Gasteiger partial charge in [-0.05, 0) is 31.0 Å². The first-order valence-corrected chi connectivity index (χ1v) is 9.07. The van der Waals surface area contributed by atoms with E-state index in [9.17, 15) is 19.7 Å². The standard InChI is InChI=1S/C19H18ClN3O5/c20-16-10-12(23(26)27)7-8-14(16)19(25)22-17-6-2-1-5-15(17)18(24)21-11-13-4-3-9-28-13/h1-2,5-8,10,13H,3-4,9,11H2,(H,21,24)(H,22,25)/t13-/m0/s1. The maximum Gasteiger partial charge on any atom is 0.270 e. The van der Waals surface area contributed by atoms with Crippen LogP contribution >= 0.6 is 11.6 Å². The van der Waals surface area contributed by atoms with E-state index in [1.54, 1.807) is 24.3 Å². The number of carbonyl (C=O) groups is 2. The van der Waals surface area contributed by atoms with Gasteiger partial charge in [-0.15, -0.1) is 0 Å². The molecule has 8 nitrogen and oxygen atoms in total. The molecule has 0 bridgehead atoms. The van der Waals surface area contributed by atoms with E-state index in [2.05, 4.69) is 10.6 Å². The molecule has 3 rings (SSSR count). The van der Waals surface area contributed by atoms with E-state index in [1.807, 2.05) is 0 Å². The van der Waals surface area contributed by atoms with E-state index in [0.29, 0.717) is 24.4 Å². The number of non-ortho nitro benzene ring substituents is 1. The molecule has 1 aliphatic rings. The van der Waals surface area contributed by atoms with Gasteiger partial charge in [0.2, 0.25) is 0 Å². The Kier molecular flexibility index (Phi) is 6.23. The lowest BCUT2D eigenvalue weighted by Crippen LogP contribution is -2.32. The van der Waals surface area contributed by atoms with Crippen molar-refractivity contribution in [3.8, 4) is 0 Å². The fourth-order valence-electron chi connectivity index (χ4n) is 2.89.